The van der Waals surface area contributed by atoms with Crippen LogP contribution in [-0.2, 0) is 0 Å². The number of amides is 1. The van der Waals surface area contributed by atoms with Crippen molar-refractivity contribution in [2.24, 2.45) is 0 Å². The molecule has 0 aliphatic carbocycles. The van der Waals surface area contributed by atoms with Gasteiger partial charge < -0.3 is 19.5 Å². The Morgan fingerprint density at radius 2 is 1.74 bits per heavy atom. The molecule has 3 heterocycles. The molecule has 0 fully saturated rings. The third-order valence-electron chi connectivity index (χ3n) is 5.22. The van der Waals surface area contributed by atoms with E-state index in [1.165, 1.54) is 11.3 Å². The number of thiazole rings is 1. The largest absolute Gasteiger partial charge is 0.457 e. The number of carbonyl (C=O) groups excluding carboxylic acids is 1. The Hall–Kier alpha value is -4.37. The maximum atomic E-state index is 12.9. The fourth-order valence-corrected chi connectivity index (χ4v) is 4.56. The molecule has 3 aromatic carbocycles. The molecule has 34 heavy (non-hydrogen) atoms. The molecule has 0 saturated carbocycles. The van der Waals surface area contributed by atoms with Crippen molar-refractivity contribution in [2.45, 2.75) is 6.92 Å². The van der Waals surface area contributed by atoms with Crippen molar-refractivity contribution < 1.29 is 19.0 Å². The van der Waals surface area contributed by atoms with Crippen molar-refractivity contribution in [1.82, 2.24) is 14.8 Å². The summed E-state index contributed by atoms with van der Waals surface area (Å²) in [7, 11) is 0. The number of rotatable bonds is 5. The summed E-state index contributed by atoms with van der Waals surface area (Å²) in [5, 5.41) is 8.11. The number of hydrogen-bond acceptors (Lipinski definition) is 7. The van der Waals surface area contributed by atoms with Gasteiger partial charge in [0.15, 0.2) is 11.5 Å². The molecular weight excluding hydrogens is 452 g/mol. The number of aromatic nitrogens is 3. The summed E-state index contributed by atoms with van der Waals surface area (Å²) in [4.78, 5) is 17.6. The molecule has 0 atom stereocenters. The van der Waals surface area contributed by atoms with Crippen LogP contribution < -0.4 is 19.5 Å². The van der Waals surface area contributed by atoms with Crippen LogP contribution >= 0.6 is 11.3 Å². The van der Waals surface area contributed by atoms with Gasteiger partial charge in [0, 0.05) is 23.8 Å². The quantitative estimate of drug-likeness (QED) is 0.362. The van der Waals surface area contributed by atoms with Gasteiger partial charge in [-0.25, -0.2) is 4.98 Å². The van der Waals surface area contributed by atoms with Crippen LogP contribution in [0.5, 0.6) is 23.0 Å². The molecule has 1 aliphatic rings. The predicted molar refractivity (Wildman–Crippen MR) is 129 cm³/mol. The van der Waals surface area contributed by atoms with Crippen molar-refractivity contribution in [3.05, 3.63) is 84.1 Å². The van der Waals surface area contributed by atoms with Gasteiger partial charge in [-0.05, 0) is 43.3 Å². The van der Waals surface area contributed by atoms with Crippen molar-refractivity contribution in [3.63, 3.8) is 0 Å². The third kappa shape index (κ3) is 3.82. The van der Waals surface area contributed by atoms with Gasteiger partial charge in [-0.1, -0.05) is 29.5 Å². The Kier molecular flexibility index (Phi) is 4.88. The summed E-state index contributed by atoms with van der Waals surface area (Å²) in [6.45, 7) is 2.08. The monoisotopic (exact) mass is 470 g/mol. The van der Waals surface area contributed by atoms with Crippen LogP contribution in [0.3, 0.4) is 0 Å². The van der Waals surface area contributed by atoms with Gasteiger partial charge in [0.2, 0.25) is 11.9 Å². The number of para-hydroxylation sites is 1. The Labute approximate surface area is 198 Å². The Morgan fingerprint density at radius 1 is 1.00 bits per heavy atom. The lowest BCUT2D eigenvalue weighted by Crippen LogP contribution is -2.15. The lowest BCUT2D eigenvalue weighted by atomic mass is 10.2. The van der Waals surface area contributed by atoms with E-state index >= 15 is 0 Å². The molecule has 1 N–H and O–H groups in total. The summed E-state index contributed by atoms with van der Waals surface area (Å²) >= 11 is 1.46. The molecule has 5 aromatic rings. The molecule has 0 unspecified atom stereocenters. The standard InChI is InChI=1S/C25H18N4O4S/c1-15-11-23(27-24(30)16-7-9-18(10-8-16)33-17-5-3-2-4-6-17)29(28-15)25-26-19-12-20-21(32-14-31-20)13-22(19)34-25/h2-13H,14H2,1H3,(H,27,30). The molecule has 0 radical (unpaired) electrons. The number of anilines is 1. The van der Waals surface area contributed by atoms with E-state index in [0.717, 1.165) is 21.7 Å². The minimum absolute atomic E-state index is 0.216. The maximum Gasteiger partial charge on any atom is 0.256 e. The van der Waals surface area contributed by atoms with E-state index in [9.17, 15) is 4.79 Å². The summed E-state index contributed by atoms with van der Waals surface area (Å²) in [6, 6.07) is 22.0. The van der Waals surface area contributed by atoms with Crippen molar-refractivity contribution in [2.75, 3.05) is 12.1 Å². The first-order valence-corrected chi connectivity index (χ1v) is 11.4. The first-order chi connectivity index (χ1) is 16.6. The second kappa shape index (κ2) is 8.20. The molecule has 9 heteroatoms. The van der Waals surface area contributed by atoms with Crippen LogP contribution in [0.15, 0.2) is 72.8 Å². The molecule has 1 aliphatic heterocycles. The van der Waals surface area contributed by atoms with Crippen LogP contribution in [0.1, 0.15) is 16.1 Å². The predicted octanol–water partition coefficient (Wildman–Crippen LogP) is 5.56. The number of hydrogen-bond donors (Lipinski definition) is 1. The van der Waals surface area contributed by atoms with Crippen LogP contribution in [0.4, 0.5) is 5.82 Å². The molecule has 2 aromatic heterocycles. The average Bonchev–Trinajstić information content (AvgIpc) is 3.56. The fourth-order valence-electron chi connectivity index (χ4n) is 3.62. The van der Waals surface area contributed by atoms with E-state index in [2.05, 4.69) is 15.4 Å². The second-order valence-electron chi connectivity index (χ2n) is 7.65. The minimum atomic E-state index is -0.255. The summed E-state index contributed by atoms with van der Waals surface area (Å²) < 4.78 is 19.3. The highest BCUT2D eigenvalue weighted by atomic mass is 32.1. The second-order valence-corrected chi connectivity index (χ2v) is 8.66. The normalized spacial score (nSPS) is 12.1. The molecule has 168 valence electrons. The van der Waals surface area contributed by atoms with Crippen LogP contribution in [-0.4, -0.2) is 27.5 Å². The number of aryl methyl sites for hydroxylation is 1. The summed E-state index contributed by atoms with van der Waals surface area (Å²) in [5.74, 6) is 3.04. The number of ether oxygens (including phenoxy) is 3. The number of fused-ring (bicyclic) bond motifs is 2. The van der Waals surface area contributed by atoms with Crippen molar-refractivity contribution in [3.8, 4) is 28.1 Å². The van der Waals surface area contributed by atoms with Crippen LogP contribution in [0.25, 0.3) is 15.3 Å². The maximum absolute atomic E-state index is 12.9. The SMILES string of the molecule is Cc1cc(NC(=O)c2ccc(Oc3ccccc3)cc2)n(-c2nc3cc4c(cc3s2)OCO4)n1. The van der Waals surface area contributed by atoms with Gasteiger partial charge >= 0.3 is 0 Å². The van der Waals surface area contributed by atoms with E-state index in [4.69, 9.17) is 14.2 Å². The fraction of sp³-hybridized carbons (Fsp3) is 0.0800. The number of nitrogens with one attached hydrogen (secondary N) is 1. The molecular formula is C25H18N4O4S. The molecule has 6 rings (SSSR count). The highest BCUT2D eigenvalue weighted by Crippen LogP contribution is 2.39. The van der Waals surface area contributed by atoms with Gasteiger partial charge in [-0.2, -0.15) is 9.78 Å². The molecule has 8 nitrogen and oxygen atoms in total. The van der Waals surface area contributed by atoms with Crippen LogP contribution in [0, 0.1) is 6.92 Å². The van der Waals surface area contributed by atoms with Crippen molar-refractivity contribution >= 4 is 33.3 Å². The van der Waals surface area contributed by atoms with Gasteiger partial charge in [-0.15, -0.1) is 0 Å². The lowest BCUT2D eigenvalue weighted by Gasteiger charge is -2.08. The zero-order valence-corrected chi connectivity index (χ0v) is 18.8. The summed E-state index contributed by atoms with van der Waals surface area (Å²) in [5.41, 5.74) is 2.04. The average molecular weight is 471 g/mol. The van der Waals surface area contributed by atoms with Crippen LogP contribution in [0.2, 0.25) is 0 Å². The topological polar surface area (TPSA) is 87.5 Å². The first kappa shape index (κ1) is 20.3. The van der Waals surface area contributed by atoms with E-state index in [1.807, 2.05) is 55.5 Å². The van der Waals surface area contributed by atoms with Gasteiger partial charge in [0.1, 0.15) is 17.3 Å². The zero-order valence-electron chi connectivity index (χ0n) is 18.0. The smallest absolute Gasteiger partial charge is 0.256 e. The molecule has 0 spiro atoms. The number of benzene rings is 3. The number of nitrogens with zero attached hydrogens (tertiary/aromatic N) is 3. The molecule has 1 amide bonds. The highest BCUT2D eigenvalue weighted by molar-refractivity contribution is 7.20. The summed E-state index contributed by atoms with van der Waals surface area (Å²) in [6.07, 6.45) is 0. The Balaban J connectivity index is 1.23. The van der Waals surface area contributed by atoms with E-state index in [0.29, 0.717) is 33.8 Å². The third-order valence-corrected chi connectivity index (χ3v) is 6.21. The minimum Gasteiger partial charge on any atom is -0.457 e. The Morgan fingerprint density at radius 3 is 2.53 bits per heavy atom. The number of carbonyl (C=O) groups is 1. The van der Waals surface area contributed by atoms with Gasteiger partial charge in [0.25, 0.3) is 5.91 Å². The molecule has 0 bridgehead atoms. The van der Waals surface area contributed by atoms with E-state index < -0.39 is 0 Å². The lowest BCUT2D eigenvalue weighted by molar-refractivity contribution is 0.102. The van der Waals surface area contributed by atoms with E-state index in [-0.39, 0.29) is 12.7 Å². The van der Waals surface area contributed by atoms with E-state index in [1.54, 1.807) is 28.9 Å². The molecule has 0 saturated heterocycles. The Bertz CT molecular complexity index is 1470. The van der Waals surface area contributed by atoms with Gasteiger partial charge in [0.05, 0.1) is 15.9 Å². The van der Waals surface area contributed by atoms with Crippen molar-refractivity contribution in [1.29, 1.82) is 0 Å². The first-order valence-electron chi connectivity index (χ1n) is 10.5. The highest BCUT2D eigenvalue weighted by Gasteiger charge is 2.19. The van der Waals surface area contributed by atoms with Gasteiger partial charge in [-0.3, -0.25) is 4.79 Å². The zero-order chi connectivity index (χ0) is 23.1.